The number of nitrogens with zero attached hydrogens (tertiary/aromatic N) is 3. The Hall–Kier alpha value is -1.95. The van der Waals surface area contributed by atoms with Crippen LogP contribution in [0.2, 0.25) is 0 Å². The Labute approximate surface area is 131 Å². The fourth-order valence-electron chi connectivity index (χ4n) is 2.27. The third-order valence-electron chi connectivity index (χ3n) is 3.42. The number of carbonyl (C=O) groups is 1. The number of anilines is 1. The molecule has 0 saturated carbocycles. The maximum atomic E-state index is 12.4. The summed E-state index contributed by atoms with van der Waals surface area (Å²) in [4.78, 5) is 22.7. The van der Waals surface area contributed by atoms with E-state index >= 15 is 0 Å². The molecule has 1 atom stereocenters. The lowest BCUT2D eigenvalue weighted by Gasteiger charge is -2.32. The molecule has 0 aromatic carbocycles. The predicted molar refractivity (Wildman–Crippen MR) is 82.2 cm³/mol. The van der Waals surface area contributed by atoms with Gasteiger partial charge in [-0.15, -0.1) is 0 Å². The number of carbonyl (C=O) groups excluding carboxylic acids is 1. The van der Waals surface area contributed by atoms with Gasteiger partial charge in [0.15, 0.2) is 17.7 Å². The summed E-state index contributed by atoms with van der Waals surface area (Å²) in [7, 11) is 0. The number of amides is 1. The highest BCUT2D eigenvalue weighted by Crippen LogP contribution is 2.34. The van der Waals surface area contributed by atoms with E-state index < -0.39 is 6.10 Å². The van der Waals surface area contributed by atoms with Crippen molar-refractivity contribution in [2.24, 2.45) is 0 Å². The number of ether oxygens (including phenoxy) is 1. The lowest BCUT2D eigenvalue weighted by molar-refractivity contribution is -0.125. The number of halogens is 1. The molecule has 0 radical (unpaired) electrons. The van der Waals surface area contributed by atoms with Crippen LogP contribution in [0.4, 0.5) is 5.82 Å². The van der Waals surface area contributed by atoms with Crippen LogP contribution in [0.15, 0.2) is 35.1 Å². The summed E-state index contributed by atoms with van der Waals surface area (Å²) in [6, 6.07) is 7.45. The van der Waals surface area contributed by atoms with Gasteiger partial charge in [0.25, 0.3) is 5.91 Å². The molecule has 0 N–H and O–H groups in total. The van der Waals surface area contributed by atoms with Gasteiger partial charge >= 0.3 is 0 Å². The van der Waals surface area contributed by atoms with Crippen molar-refractivity contribution in [1.29, 1.82) is 0 Å². The number of hydrogen-bond acceptors (Lipinski definition) is 4. The van der Waals surface area contributed by atoms with Crippen molar-refractivity contribution in [3.8, 4) is 5.75 Å². The second-order valence-electron chi connectivity index (χ2n) is 4.89. The number of pyridine rings is 2. The summed E-state index contributed by atoms with van der Waals surface area (Å²) in [5, 5.41) is 0. The molecule has 0 spiro atoms. The van der Waals surface area contributed by atoms with Crippen LogP contribution in [0.3, 0.4) is 0 Å². The Morgan fingerprint density at radius 2 is 2.19 bits per heavy atom. The van der Waals surface area contributed by atoms with Crippen molar-refractivity contribution >= 4 is 27.7 Å². The minimum absolute atomic E-state index is 0.101. The molecule has 1 aliphatic heterocycles. The Kier molecular flexibility index (Phi) is 3.63. The molecule has 0 saturated heterocycles. The molecule has 0 bridgehead atoms. The highest BCUT2D eigenvalue weighted by molar-refractivity contribution is 9.10. The first-order valence-corrected chi connectivity index (χ1v) is 7.40. The fourth-order valence-corrected chi connectivity index (χ4v) is 2.57. The molecule has 1 aliphatic rings. The van der Waals surface area contributed by atoms with Gasteiger partial charge in [-0.3, -0.25) is 14.7 Å². The van der Waals surface area contributed by atoms with Gasteiger partial charge in [0.05, 0.1) is 6.54 Å². The van der Waals surface area contributed by atoms with Crippen LogP contribution in [0.5, 0.6) is 5.75 Å². The summed E-state index contributed by atoms with van der Waals surface area (Å²) >= 11 is 3.34. The van der Waals surface area contributed by atoms with E-state index in [1.807, 2.05) is 25.1 Å². The van der Waals surface area contributed by atoms with E-state index in [0.717, 1.165) is 11.3 Å². The van der Waals surface area contributed by atoms with Gasteiger partial charge in [0.2, 0.25) is 0 Å². The Bertz CT molecular complexity index is 705. The first-order valence-electron chi connectivity index (χ1n) is 6.61. The van der Waals surface area contributed by atoms with Gasteiger partial charge in [-0.1, -0.05) is 6.07 Å². The first-order chi connectivity index (χ1) is 10.1. The van der Waals surface area contributed by atoms with Crippen molar-refractivity contribution in [3.63, 3.8) is 0 Å². The third-order valence-corrected chi connectivity index (χ3v) is 3.87. The average molecular weight is 348 g/mol. The topological polar surface area (TPSA) is 55.3 Å². The highest BCUT2D eigenvalue weighted by Gasteiger charge is 2.33. The summed E-state index contributed by atoms with van der Waals surface area (Å²) in [6.45, 7) is 4.11. The molecule has 3 heterocycles. The molecule has 2 aromatic heterocycles. The van der Waals surface area contributed by atoms with E-state index in [2.05, 4.69) is 25.9 Å². The van der Waals surface area contributed by atoms with E-state index in [4.69, 9.17) is 4.74 Å². The summed E-state index contributed by atoms with van der Waals surface area (Å²) in [5.74, 6) is 1.05. The van der Waals surface area contributed by atoms with Gasteiger partial charge < -0.3 is 4.74 Å². The minimum atomic E-state index is -0.516. The van der Waals surface area contributed by atoms with Crippen LogP contribution < -0.4 is 9.64 Å². The largest absolute Gasteiger partial charge is 0.477 e. The monoisotopic (exact) mass is 347 g/mol. The molecule has 1 amide bonds. The SMILES string of the molecule is Cc1ncccc1CN1C(=O)[C@@H](C)Oc2ccc(Br)nc21. The minimum Gasteiger partial charge on any atom is -0.477 e. The molecular weight excluding hydrogens is 334 g/mol. The number of fused-ring (bicyclic) bond motifs is 1. The number of aromatic nitrogens is 2. The van der Waals surface area contributed by atoms with Crippen molar-refractivity contribution in [3.05, 3.63) is 46.3 Å². The van der Waals surface area contributed by atoms with E-state index in [-0.39, 0.29) is 5.91 Å². The second-order valence-corrected chi connectivity index (χ2v) is 5.70. The number of aryl methyl sites for hydroxylation is 1. The van der Waals surface area contributed by atoms with Gasteiger partial charge in [-0.25, -0.2) is 4.98 Å². The van der Waals surface area contributed by atoms with Crippen LogP contribution in [0.25, 0.3) is 0 Å². The molecule has 21 heavy (non-hydrogen) atoms. The molecule has 0 unspecified atom stereocenters. The van der Waals surface area contributed by atoms with Crippen molar-refractivity contribution in [2.75, 3.05) is 4.90 Å². The molecule has 108 valence electrons. The molecule has 0 fully saturated rings. The van der Waals surface area contributed by atoms with Gasteiger partial charge in [-0.2, -0.15) is 0 Å². The maximum Gasteiger partial charge on any atom is 0.269 e. The van der Waals surface area contributed by atoms with Crippen molar-refractivity contribution in [1.82, 2.24) is 9.97 Å². The van der Waals surface area contributed by atoms with E-state index in [9.17, 15) is 4.79 Å². The van der Waals surface area contributed by atoms with Crippen LogP contribution in [-0.4, -0.2) is 22.0 Å². The zero-order valence-electron chi connectivity index (χ0n) is 11.7. The van der Waals surface area contributed by atoms with Crippen molar-refractivity contribution < 1.29 is 9.53 Å². The normalized spacial score (nSPS) is 17.4. The maximum absolute atomic E-state index is 12.4. The quantitative estimate of drug-likeness (QED) is 0.784. The molecule has 3 rings (SSSR count). The third kappa shape index (κ3) is 2.63. The Morgan fingerprint density at radius 1 is 1.38 bits per heavy atom. The first kappa shape index (κ1) is 14.0. The Balaban J connectivity index is 2.03. The predicted octanol–water partition coefficient (Wildman–Crippen LogP) is 2.86. The molecule has 0 aliphatic carbocycles. The van der Waals surface area contributed by atoms with E-state index in [1.54, 1.807) is 24.1 Å². The summed E-state index contributed by atoms with van der Waals surface area (Å²) in [6.07, 6.45) is 1.23. The van der Waals surface area contributed by atoms with E-state index in [1.165, 1.54) is 0 Å². The fraction of sp³-hybridized carbons (Fsp3) is 0.267. The molecular formula is C15H14BrN3O2. The van der Waals surface area contributed by atoms with Crippen LogP contribution in [0.1, 0.15) is 18.2 Å². The van der Waals surface area contributed by atoms with Crippen molar-refractivity contribution in [2.45, 2.75) is 26.5 Å². The lowest BCUT2D eigenvalue weighted by atomic mass is 10.1. The van der Waals surface area contributed by atoms with Gasteiger partial charge in [0.1, 0.15) is 4.60 Å². The molecule has 5 nitrogen and oxygen atoms in total. The second kappa shape index (κ2) is 5.44. The highest BCUT2D eigenvalue weighted by atomic mass is 79.9. The number of hydrogen-bond donors (Lipinski definition) is 0. The lowest BCUT2D eigenvalue weighted by Crippen LogP contribution is -2.44. The molecule has 2 aromatic rings. The smallest absolute Gasteiger partial charge is 0.269 e. The average Bonchev–Trinajstić information content (AvgIpc) is 2.46. The molecule has 6 heteroatoms. The zero-order valence-corrected chi connectivity index (χ0v) is 13.3. The number of rotatable bonds is 2. The summed E-state index contributed by atoms with van der Waals surface area (Å²) < 4.78 is 6.27. The van der Waals surface area contributed by atoms with Crippen LogP contribution in [0, 0.1) is 6.92 Å². The summed E-state index contributed by atoms with van der Waals surface area (Å²) in [5.41, 5.74) is 1.90. The standard InChI is InChI=1S/C15H14BrN3O2/c1-9-11(4-3-7-17-9)8-19-14-12(5-6-13(16)18-14)21-10(2)15(19)20/h3-7,10H,8H2,1-2H3/t10-/m1/s1. The van der Waals surface area contributed by atoms with Gasteiger partial charge in [0, 0.05) is 11.9 Å². The van der Waals surface area contributed by atoms with Crippen LogP contribution >= 0.6 is 15.9 Å². The zero-order chi connectivity index (χ0) is 15.0. The van der Waals surface area contributed by atoms with Gasteiger partial charge in [-0.05, 0) is 53.5 Å². The van der Waals surface area contributed by atoms with Crippen LogP contribution in [-0.2, 0) is 11.3 Å². The Morgan fingerprint density at radius 3 is 2.95 bits per heavy atom. The van der Waals surface area contributed by atoms with E-state index in [0.29, 0.717) is 22.7 Å².